The zero-order valence-electron chi connectivity index (χ0n) is 16.2. The first-order valence-corrected chi connectivity index (χ1v) is 9.21. The molecule has 4 rings (SSSR count). The van der Waals surface area contributed by atoms with Crippen LogP contribution in [0, 0.1) is 6.92 Å². The Kier molecular flexibility index (Phi) is 5.20. The zero-order chi connectivity index (χ0) is 20.2. The van der Waals surface area contributed by atoms with Crippen molar-refractivity contribution in [2.45, 2.75) is 13.5 Å². The summed E-state index contributed by atoms with van der Waals surface area (Å²) in [6.45, 7) is 2.59. The molecule has 4 aromatic rings. The quantitative estimate of drug-likeness (QED) is 0.504. The molecule has 7 nitrogen and oxygen atoms in total. The van der Waals surface area contributed by atoms with Crippen LogP contribution in [0.5, 0.6) is 11.5 Å². The number of aromatic nitrogens is 4. The van der Waals surface area contributed by atoms with Crippen LogP contribution in [-0.4, -0.2) is 33.5 Å². The van der Waals surface area contributed by atoms with Gasteiger partial charge < -0.3 is 9.47 Å². The molecule has 0 N–H and O–H groups in total. The van der Waals surface area contributed by atoms with Crippen LogP contribution in [0.4, 0.5) is 0 Å². The third-order valence-corrected chi connectivity index (χ3v) is 4.51. The SMILES string of the molecule is COc1ccc2c(OCCn3nc(-c4ccc(C)cn4)ccc3=O)ccnc2c1. The molecule has 0 spiro atoms. The Bertz CT molecular complexity index is 1200. The van der Waals surface area contributed by atoms with Crippen molar-refractivity contribution < 1.29 is 9.47 Å². The Morgan fingerprint density at radius 1 is 1.00 bits per heavy atom. The summed E-state index contributed by atoms with van der Waals surface area (Å²) in [7, 11) is 1.62. The molecule has 7 heteroatoms. The molecule has 0 fully saturated rings. The number of rotatable bonds is 6. The van der Waals surface area contributed by atoms with E-state index in [9.17, 15) is 4.79 Å². The highest BCUT2D eigenvalue weighted by Gasteiger charge is 2.07. The van der Waals surface area contributed by atoms with Gasteiger partial charge in [0.15, 0.2) is 0 Å². The van der Waals surface area contributed by atoms with Gasteiger partial charge in [0, 0.05) is 29.9 Å². The number of hydrogen-bond donors (Lipinski definition) is 0. The monoisotopic (exact) mass is 388 g/mol. The van der Waals surface area contributed by atoms with Gasteiger partial charge in [0.05, 0.1) is 24.9 Å². The van der Waals surface area contributed by atoms with Crippen LogP contribution in [0.15, 0.2) is 65.7 Å². The summed E-state index contributed by atoms with van der Waals surface area (Å²) in [6.07, 6.45) is 3.46. The van der Waals surface area contributed by atoms with Gasteiger partial charge >= 0.3 is 0 Å². The van der Waals surface area contributed by atoms with Crippen molar-refractivity contribution in [1.82, 2.24) is 19.7 Å². The van der Waals surface area contributed by atoms with Gasteiger partial charge in [-0.3, -0.25) is 14.8 Å². The average molecular weight is 388 g/mol. The summed E-state index contributed by atoms with van der Waals surface area (Å²) in [4.78, 5) is 20.9. The number of hydrogen-bond acceptors (Lipinski definition) is 6. The number of nitrogens with zero attached hydrogens (tertiary/aromatic N) is 4. The van der Waals surface area contributed by atoms with Crippen LogP contribution in [0.3, 0.4) is 0 Å². The van der Waals surface area contributed by atoms with Crippen LogP contribution in [0.2, 0.25) is 0 Å². The molecule has 0 atom stereocenters. The second kappa shape index (κ2) is 8.10. The molecular weight excluding hydrogens is 368 g/mol. The molecule has 0 amide bonds. The van der Waals surface area contributed by atoms with Gasteiger partial charge in [-0.05, 0) is 42.8 Å². The van der Waals surface area contributed by atoms with E-state index in [1.54, 1.807) is 31.6 Å². The maximum Gasteiger partial charge on any atom is 0.266 e. The predicted molar refractivity (Wildman–Crippen MR) is 110 cm³/mol. The molecule has 1 aromatic carbocycles. The summed E-state index contributed by atoms with van der Waals surface area (Å²) in [5, 5.41) is 5.30. The summed E-state index contributed by atoms with van der Waals surface area (Å²) >= 11 is 0. The van der Waals surface area contributed by atoms with Crippen LogP contribution in [0.1, 0.15) is 5.56 Å². The van der Waals surface area contributed by atoms with Gasteiger partial charge in [0.25, 0.3) is 5.56 Å². The van der Waals surface area contributed by atoms with E-state index in [0.717, 1.165) is 27.9 Å². The molecule has 0 aliphatic heterocycles. The Hall–Kier alpha value is -3.74. The summed E-state index contributed by atoms with van der Waals surface area (Å²) in [5.41, 5.74) is 3.03. The van der Waals surface area contributed by atoms with E-state index in [4.69, 9.17) is 9.47 Å². The zero-order valence-corrected chi connectivity index (χ0v) is 16.2. The second-order valence-electron chi connectivity index (χ2n) is 6.54. The second-order valence-corrected chi connectivity index (χ2v) is 6.54. The Labute approximate surface area is 167 Å². The Morgan fingerprint density at radius 3 is 2.66 bits per heavy atom. The molecule has 3 aromatic heterocycles. The number of pyridine rings is 2. The first-order valence-electron chi connectivity index (χ1n) is 9.21. The van der Waals surface area contributed by atoms with Crippen molar-refractivity contribution >= 4 is 10.9 Å². The molecule has 0 saturated heterocycles. The van der Waals surface area contributed by atoms with E-state index in [1.165, 1.54) is 10.7 Å². The van der Waals surface area contributed by atoms with Crippen LogP contribution < -0.4 is 15.0 Å². The highest BCUT2D eigenvalue weighted by atomic mass is 16.5. The number of aryl methyl sites for hydroxylation is 1. The molecule has 3 heterocycles. The van der Waals surface area contributed by atoms with Crippen molar-refractivity contribution in [3.8, 4) is 22.9 Å². The topological polar surface area (TPSA) is 79.1 Å². The largest absolute Gasteiger partial charge is 0.497 e. The van der Waals surface area contributed by atoms with E-state index < -0.39 is 0 Å². The van der Waals surface area contributed by atoms with Gasteiger partial charge in [0.2, 0.25) is 0 Å². The molecule has 0 radical (unpaired) electrons. The molecule has 146 valence electrons. The third kappa shape index (κ3) is 4.08. The third-order valence-electron chi connectivity index (χ3n) is 4.51. The summed E-state index contributed by atoms with van der Waals surface area (Å²) in [6, 6.07) is 14.5. The lowest BCUT2D eigenvalue weighted by molar-refractivity contribution is 0.291. The maximum atomic E-state index is 12.2. The van der Waals surface area contributed by atoms with Crippen molar-refractivity contribution in [3.63, 3.8) is 0 Å². The fraction of sp³-hybridized carbons (Fsp3) is 0.182. The fourth-order valence-electron chi connectivity index (χ4n) is 2.96. The minimum absolute atomic E-state index is 0.186. The van der Waals surface area contributed by atoms with Gasteiger partial charge in [0.1, 0.15) is 23.8 Å². The molecule has 0 bridgehead atoms. The van der Waals surface area contributed by atoms with E-state index >= 15 is 0 Å². The van der Waals surface area contributed by atoms with Gasteiger partial charge in [-0.15, -0.1) is 0 Å². The van der Waals surface area contributed by atoms with E-state index in [-0.39, 0.29) is 5.56 Å². The normalized spacial score (nSPS) is 10.8. The lowest BCUT2D eigenvalue weighted by Crippen LogP contribution is -2.25. The minimum Gasteiger partial charge on any atom is -0.497 e. The van der Waals surface area contributed by atoms with Crippen LogP contribution in [-0.2, 0) is 6.54 Å². The Balaban J connectivity index is 1.51. The molecular formula is C22H20N4O3. The van der Waals surface area contributed by atoms with Crippen LogP contribution >= 0.6 is 0 Å². The highest BCUT2D eigenvalue weighted by Crippen LogP contribution is 2.27. The Morgan fingerprint density at radius 2 is 1.86 bits per heavy atom. The molecule has 0 saturated carbocycles. The van der Waals surface area contributed by atoms with Gasteiger partial charge in [-0.2, -0.15) is 5.10 Å². The highest BCUT2D eigenvalue weighted by molar-refractivity contribution is 5.85. The molecule has 29 heavy (non-hydrogen) atoms. The van der Waals surface area contributed by atoms with Gasteiger partial charge in [-0.25, -0.2) is 4.68 Å². The van der Waals surface area contributed by atoms with E-state index in [1.807, 2.05) is 37.3 Å². The number of ether oxygens (including phenoxy) is 2. The van der Waals surface area contributed by atoms with Crippen molar-refractivity contribution in [3.05, 3.63) is 76.8 Å². The van der Waals surface area contributed by atoms with Gasteiger partial charge in [-0.1, -0.05) is 6.07 Å². The molecule has 0 unspecified atom stereocenters. The predicted octanol–water partition coefficient (Wildman–Crippen LogP) is 3.25. The first-order chi connectivity index (χ1) is 14.1. The molecule has 0 aliphatic rings. The first kappa shape index (κ1) is 18.6. The number of benzene rings is 1. The summed E-state index contributed by atoms with van der Waals surface area (Å²) in [5.74, 6) is 1.43. The van der Waals surface area contributed by atoms with Crippen molar-refractivity contribution in [2.24, 2.45) is 0 Å². The van der Waals surface area contributed by atoms with E-state index in [2.05, 4.69) is 15.1 Å². The van der Waals surface area contributed by atoms with Crippen molar-refractivity contribution in [1.29, 1.82) is 0 Å². The fourth-order valence-corrected chi connectivity index (χ4v) is 2.96. The smallest absolute Gasteiger partial charge is 0.266 e. The number of fused-ring (bicyclic) bond motifs is 1. The number of methoxy groups -OCH3 is 1. The van der Waals surface area contributed by atoms with Crippen molar-refractivity contribution in [2.75, 3.05) is 13.7 Å². The maximum absolute atomic E-state index is 12.2. The summed E-state index contributed by atoms with van der Waals surface area (Å²) < 4.78 is 12.5. The van der Waals surface area contributed by atoms with Crippen LogP contribution in [0.25, 0.3) is 22.3 Å². The lowest BCUT2D eigenvalue weighted by Gasteiger charge is -2.11. The van der Waals surface area contributed by atoms with E-state index in [0.29, 0.717) is 24.6 Å². The minimum atomic E-state index is -0.186. The average Bonchev–Trinajstić information content (AvgIpc) is 2.75. The molecule has 0 aliphatic carbocycles. The standard InChI is InChI=1S/C22H20N4O3/c1-15-3-6-18(24-14-15)19-7-8-22(27)26(25-19)11-12-29-21-9-10-23-20-13-16(28-2)4-5-17(20)21/h3-10,13-14H,11-12H2,1-2H3. The lowest BCUT2D eigenvalue weighted by atomic mass is 10.2.